The summed E-state index contributed by atoms with van der Waals surface area (Å²) in [5.41, 5.74) is 1.56. The molecule has 94 valence electrons. The van der Waals surface area contributed by atoms with Crippen LogP contribution in [0.25, 0.3) is 5.52 Å². The predicted molar refractivity (Wildman–Crippen MR) is 66.7 cm³/mol. The Kier molecular flexibility index (Phi) is 2.62. The number of rotatable bonds is 3. The molecule has 0 saturated carbocycles. The molecule has 6 nitrogen and oxygen atoms in total. The Hall–Kier alpha value is -2.11. The lowest BCUT2D eigenvalue weighted by atomic mass is 10.1. The molecular formula is C12H14N4O2. The van der Waals surface area contributed by atoms with Crippen molar-refractivity contribution in [1.29, 1.82) is 0 Å². The first-order valence-corrected chi connectivity index (χ1v) is 6.02. The van der Waals surface area contributed by atoms with Crippen molar-refractivity contribution in [2.24, 2.45) is 5.16 Å². The van der Waals surface area contributed by atoms with E-state index in [1.54, 1.807) is 23.0 Å². The summed E-state index contributed by atoms with van der Waals surface area (Å²) in [7, 11) is 0. The molecule has 0 amide bonds. The molecule has 1 aliphatic heterocycles. The largest absolute Gasteiger partial charge is 0.390 e. The highest BCUT2D eigenvalue weighted by molar-refractivity contribution is 5.85. The number of aromatic nitrogens is 3. The third kappa shape index (κ3) is 1.79. The zero-order chi connectivity index (χ0) is 12.5. The van der Waals surface area contributed by atoms with Gasteiger partial charge in [-0.2, -0.15) is 5.10 Å². The van der Waals surface area contributed by atoms with Gasteiger partial charge in [0.1, 0.15) is 11.8 Å². The van der Waals surface area contributed by atoms with Gasteiger partial charge in [0.15, 0.2) is 6.10 Å². The summed E-state index contributed by atoms with van der Waals surface area (Å²) in [4.78, 5) is 17.4. The van der Waals surface area contributed by atoms with E-state index >= 15 is 0 Å². The van der Waals surface area contributed by atoms with Crippen molar-refractivity contribution in [3.63, 3.8) is 0 Å². The highest BCUT2D eigenvalue weighted by atomic mass is 16.6. The van der Waals surface area contributed by atoms with E-state index in [4.69, 9.17) is 4.84 Å². The maximum Gasteiger partial charge on any atom is 0.291 e. The molecule has 0 N–H and O–H groups in total. The fourth-order valence-electron chi connectivity index (χ4n) is 2.09. The smallest absolute Gasteiger partial charge is 0.291 e. The second-order valence-electron chi connectivity index (χ2n) is 4.36. The maximum atomic E-state index is 12.1. The molecule has 0 saturated heterocycles. The standard InChI is InChI=1S/C12H14N4O2/c1-2-9-6-10(18-14-9)7-16-12(17)11-4-3-5-15(11)8-13-16/h3-5,8,10H,2,6-7H2,1H3/t10-/m0/s1. The van der Waals surface area contributed by atoms with Gasteiger partial charge < -0.3 is 9.24 Å². The third-order valence-electron chi connectivity index (χ3n) is 3.13. The van der Waals surface area contributed by atoms with Gasteiger partial charge >= 0.3 is 0 Å². The van der Waals surface area contributed by atoms with Crippen LogP contribution in [0, 0.1) is 0 Å². The van der Waals surface area contributed by atoms with Gasteiger partial charge in [0.2, 0.25) is 0 Å². The maximum absolute atomic E-state index is 12.1. The molecule has 0 bridgehead atoms. The van der Waals surface area contributed by atoms with E-state index < -0.39 is 0 Å². The van der Waals surface area contributed by atoms with Gasteiger partial charge in [-0.25, -0.2) is 4.68 Å². The highest BCUT2D eigenvalue weighted by Crippen LogP contribution is 2.13. The van der Waals surface area contributed by atoms with E-state index in [9.17, 15) is 4.79 Å². The minimum atomic E-state index is -0.101. The topological polar surface area (TPSA) is 60.9 Å². The summed E-state index contributed by atoms with van der Waals surface area (Å²) in [6.07, 6.45) is 5.02. The minimum absolute atomic E-state index is 0.0810. The Morgan fingerprint density at radius 1 is 1.56 bits per heavy atom. The Bertz CT molecular complexity index is 655. The molecule has 3 heterocycles. The minimum Gasteiger partial charge on any atom is -0.390 e. The molecule has 0 radical (unpaired) electrons. The number of hydrogen-bond acceptors (Lipinski definition) is 4. The van der Waals surface area contributed by atoms with Crippen molar-refractivity contribution in [3.05, 3.63) is 35.0 Å². The molecule has 0 aliphatic carbocycles. The van der Waals surface area contributed by atoms with Gasteiger partial charge in [0.05, 0.1) is 12.3 Å². The van der Waals surface area contributed by atoms with Crippen molar-refractivity contribution >= 4 is 11.2 Å². The Balaban J connectivity index is 1.83. The average Bonchev–Trinajstić information content (AvgIpc) is 3.01. The van der Waals surface area contributed by atoms with Crippen LogP contribution in [0.15, 0.2) is 34.6 Å². The lowest BCUT2D eigenvalue weighted by molar-refractivity contribution is 0.0685. The molecule has 6 heteroatoms. The zero-order valence-electron chi connectivity index (χ0n) is 10.1. The van der Waals surface area contributed by atoms with Crippen molar-refractivity contribution in [2.75, 3.05) is 0 Å². The SMILES string of the molecule is CCC1=NO[C@H](Cn2ncn3cccc3c2=O)C1. The quantitative estimate of drug-likeness (QED) is 0.813. The first-order valence-electron chi connectivity index (χ1n) is 6.02. The monoisotopic (exact) mass is 246 g/mol. The molecule has 0 spiro atoms. The third-order valence-corrected chi connectivity index (χ3v) is 3.13. The van der Waals surface area contributed by atoms with E-state index in [1.807, 2.05) is 13.0 Å². The number of hydrogen-bond donors (Lipinski definition) is 0. The average molecular weight is 246 g/mol. The second kappa shape index (κ2) is 4.29. The summed E-state index contributed by atoms with van der Waals surface area (Å²) < 4.78 is 3.15. The van der Waals surface area contributed by atoms with E-state index in [0.717, 1.165) is 18.6 Å². The van der Waals surface area contributed by atoms with Crippen molar-refractivity contribution in [2.45, 2.75) is 32.4 Å². The van der Waals surface area contributed by atoms with Crippen LogP contribution >= 0.6 is 0 Å². The van der Waals surface area contributed by atoms with Crippen molar-refractivity contribution in [3.8, 4) is 0 Å². The molecule has 2 aromatic heterocycles. The second-order valence-corrected chi connectivity index (χ2v) is 4.36. The van der Waals surface area contributed by atoms with Crippen LogP contribution in [0.5, 0.6) is 0 Å². The summed E-state index contributed by atoms with van der Waals surface area (Å²) in [5.74, 6) is 0. The molecule has 1 atom stereocenters. The van der Waals surface area contributed by atoms with E-state index in [1.165, 1.54) is 4.68 Å². The van der Waals surface area contributed by atoms with Gasteiger partial charge in [-0.1, -0.05) is 12.1 Å². The summed E-state index contributed by atoms with van der Waals surface area (Å²) >= 11 is 0. The van der Waals surface area contributed by atoms with Crippen molar-refractivity contribution < 1.29 is 4.84 Å². The fraction of sp³-hybridized carbons (Fsp3) is 0.417. The molecule has 0 unspecified atom stereocenters. The van der Waals surface area contributed by atoms with Crippen LogP contribution in [0.4, 0.5) is 0 Å². The number of fused-ring (bicyclic) bond motifs is 1. The normalized spacial score (nSPS) is 18.9. The first-order chi connectivity index (χ1) is 8.78. The lowest BCUT2D eigenvalue weighted by Crippen LogP contribution is -2.29. The number of nitrogens with zero attached hydrogens (tertiary/aromatic N) is 4. The molecule has 2 aromatic rings. The number of oxime groups is 1. The van der Waals surface area contributed by atoms with Crippen molar-refractivity contribution in [1.82, 2.24) is 14.2 Å². The van der Waals surface area contributed by atoms with Gasteiger partial charge in [-0.3, -0.25) is 4.79 Å². The molecule has 1 aliphatic rings. The van der Waals surface area contributed by atoms with Crippen LogP contribution in [-0.2, 0) is 11.4 Å². The summed E-state index contributed by atoms with van der Waals surface area (Å²) in [6.45, 7) is 2.48. The van der Waals surface area contributed by atoms with Gasteiger partial charge in [-0.05, 0) is 18.6 Å². The Morgan fingerprint density at radius 3 is 3.22 bits per heavy atom. The fourth-order valence-corrected chi connectivity index (χ4v) is 2.09. The lowest BCUT2D eigenvalue weighted by Gasteiger charge is -2.09. The Morgan fingerprint density at radius 2 is 2.44 bits per heavy atom. The molecule has 3 rings (SSSR count). The van der Waals surface area contributed by atoms with E-state index in [2.05, 4.69) is 10.3 Å². The van der Waals surface area contributed by atoms with Crippen LogP contribution in [-0.4, -0.2) is 26.0 Å². The van der Waals surface area contributed by atoms with Crippen LogP contribution in [0.2, 0.25) is 0 Å². The predicted octanol–water partition coefficient (Wildman–Crippen LogP) is 1.05. The van der Waals surface area contributed by atoms with Crippen LogP contribution < -0.4 is 5.56 Å². The van der Waals surface area contributed by atoms with E-state index in [-0.39, 0.29) is 11.7 Å². The van der Waals surface area contributed by atoms with E-state index in [0.29, 0.717) is 12.1 Å². The van der Waals surface area contributed by atoms with Gasteiger partial charge in [0.25, 0.3) is 5.56 Å². The van der Waals surface area contributed by atoms with Gasteiger partial charge in [-0.15, -0.1) is 0 Å². The molecular weight excluding hydrogens is 232 g/mol. The summed E-state index contributed by atoms with van der Waals surface area (Å²) in [5, 5.41) is 8.11. The Labute approximate surface area is 103 Å². The zero-order valence-corrected chi connectivity index (χ0v) is 10.1. The molecule has 18 heavy (non-hydrogen) atoms. The van der Waals surface area contributed by atoms with Crippen LogP contribution in [0.3, 0.4) is 0 Å². The van der Waals surface area contributed by atoms with Gasteiger partial charge in [0, 0.05) is 12.6 Å². The van der Waals surface area contributed by atoms with Crippen LogP contribution in [0.1, 0.15) is 19.8 Å². The molecule has 0 aromatic carbocycles. The first kappa shape index (κ1) is 11.0. The molecule has 0 fully saturated rings. The summed E-state index contributed by atoms with van der Waals surface area (Å²) in [6, 6.07) is 3.61. The highest BCUT2D eigenvalue weighted by Gasteiger charge is 2.21.